The maximum atomic E-state index is 13.5. The average Bonchev–Trinajstić information content (AvgIpc) is 2.83. The van der Waals surface area contributed by atoms with Crippen molar-refractivity contribution in [3.05, 3.63) is 90.0 Å². The summed E-state index contributed by atoms with van der Waals surface area (Å²) in [5.41, 5.74) is 3.23. The van der Waals surface area contributed by atoms with Crippen LogP contribution in [-0.4, -0.2) is 35.5 Å². The smallest absolute Gasteiger partial charge is 0.184 e. The topological polar surface area (TPSA) is 47.5 Å². The molecule has 1 aliphatic rings. The van der Waals surface area contributed by atoms with Gasteiger partial charge < -0.3 is 15.7 Å². The number of anilines is 1. The summed E-state index contributed by atoms with van der Waals surface area (Å²) in [6.07, 6.45) is 3.37. The van der Waals surface area contributed by atoms with Crippen molar-refractivity contribution in [2.45, 2.75) is 50.7 Å². The van der Waals surface area contributed by atoms with Crippen LogP contribution in [0.3, 0.4) is 0 Å². The minimum Gasteiger partial charge on any atom is -0.361 e. The lowest BCUT2D eigenvalue weighted by atomic mass is 9.90. The first-order chi connectivity index (χ1) is 16.0. The molecule has 4 rings (SSSR count). The summed E-state index contributed by atoms with van der Waals surface area (Å²) in [6.45, 7) is 0.883. The van der Waals surface area contributed by atoms with Crippen LogP contribution < -0.4 is 10.6 Å². The third-order valence-corrected chi connectivity index (χ3v) is 6.47. The Morgan fingerprint density at radius 2 is 1.52 bits per heavy atom. The van der Waals surface area contributed by atoms with Gasteiger partial charge in [0.15, 0.2) is 6.35 Å². The van der Waals surface area contributed by atoms with Crippen LogP contribution in [0, 0.1) is 11.6 Å². The van der Waals surface area contributed by atoms with E-state index in [1.165, 1.54) is 17.7 Å². The van der Waals surface area contributed by atoms with Crippen LogP contribution in [0.15, 0.2) is 72.8 Å². The second-order valence-corrected chi connectivity index (χ2v) is 8.79. The van der Waals surface area contributed by atoms with Crippen LogP contribution in [0.5, 0.6) is 0 Å². The number of rotatable bonds is 8. The van der Waals surface area contributed by atoms with Crippen molar-refractivity contribution in [2.75, 3.05) is 12.4 Å². The summed E-state index contributed by atoms with van der Waals surface area (Å²) < 4.78 is 27.0. The zero-order valence-electron chi connectivity index (χ0n) is 18.8. The lowest BCUT2D eigenvalue weighted by molar-refractivity contribution is 0.00209. The summed E-state index contributed by atoms with van der Waals surface area (Å²) in [5.74, 6) is -1.21. The predicted octanol–water partition coefficient (Wildman–Crippen LogP) is 5.35. The fourth-order valence-electron chi connectivity index (χ4n) is 4.48. The number of benzene rings is 3. The minimum atomic E-state index is -0.818. The molecule has 3 aromatic carbocycles. The lowest BCUT2D eigenvalue weighted by Gasteiger charge is -2.37. The fraction of sp³-hybridized carbons (Fsp3) is 0.333. The fourth-order valence-corrected chi connectivity index (χ4v) is 4.48. The molecular weight excluding hydrogens is 420 g/mol. The van der Waals surface area contributed by atoms with E-state index in [2.05, 4.69) is 34.9 Å². The molecule has 0 amide bonds. The normalized spacial score (nSPS) is 19.4. The van der Waals surface area contributed by atoms with Gasteiger partial charge in [0.1, 0.15) is 11.6 Å². The molecule has 1 saturated carbocycles. The molecule has 1 aliphatic carbocycles. The molecule has 3 aromatic rings. The molecular formula is C27H31F2N3O. The second-order valence-electron chi connectivity index (χ2n) is 8.79. The molecule has 0 aromatic heterocycles. The number of nitrogens with zero attached hydrogens (tertiary/aromatic N) is 1. The van der Waals surface area contributed by atoms with Gasteiger partial charge in [-0.2, -0.15) is 0 Å². The van der Waals surface area contributed by atoms with E-state index in [9.17, 15) is 13.9 Å². The van der Waals surface area contributed by atoms with Crippen LogP contribution in [-0.2, 0) is 6.54 Å². The van der Waals surface area contributed by atoms with E-state index < -0.39 is 18.0 Å². The first-order valence-corrected chi connectivity index (χ1v) is 11.5. The van der Waals surface area contributed by atoms with Gasteiger partial charge in [-0.15, -0.1) is 0 Å². The van der Waals surface area contributed by atoms with Crippen molar-refractivity contribution in [1.82, 2.24) is 10.2 Å². The Kier molecular flexibility index (Phi) is 7.70. The third kappa shape index (κ3) is 6.38. The van der Waals surface area contributed by atoms with Gasteiger partial charge in [0, 0.05) is 30.4 Å². The first-order valence-electron chi connectivity index (χ1n) is 11.5. The van der Waals surface area contributed by atoms with Gasteiger partial charge in [0.2, 0.25) is 0 Å². The van der Waals surface area contributed by atoms with Gasteiger partial charge in [-0.3, -0.25) is 4.90 Å². The number of hydrogen-bond acceptors (Lipinski definition) is 4. The molecule has 4 nitrogen and oxygen atoms in total. The molecule has 174 valence electrons. The van der Waals surface area contributed by atoms with E-state index in [4.69, 9.17) is 0 Å². The Morgan fingerprint density at radius 3 is 2.15 bits per heavy atom. The largest absolute Gasteiger partial charge is 0.361 e. The zero-order chi connectivity index (χ0) is 23.2. The summed E-state index contributed by atoms with van der Waals surface area (Å²) in [4.78, 5) is 1.98. The van der Waals surface area contributed by atoms with Crippen LogP contribution >= 0.6 is 0 Å². The monoisotopic (exact) mass is 451 g/mol. The molecule has 6 heteroatoms. The highest BCUT2D eigenvalue weighted by Crippen LogP contribution is 2.26. The number of halogens is 2. The van der Waals surface area contributed by atoms with Crippen LogP contribution in [0.4, 0.5) is 14.5 Å². The standard InChI is InChI=1S/C27H31F2N3O/c1-32(26-13-11-24(12-14-26)30-18-19-5-3-2-4-6-19)27(33)31-25-9-7-20(8-10-25)21-15-22(28)17-23(29)16-21/h2-10,15-17,24,26-27,30-31,33H,11-14,18H2,1H3/t24?,26?,27-/m0/s1. The van der Waals surface area contributed by atoms with Crippen molar-refractivity contribution >= 4 is 5.69 Å². The van der Waals surface area contributed by atoms with Crippen molar-refractivity contribution in [3.8, 4) is 11.1 Å². The molecule has 0 spiro atoms. The molecule has 0 heterocycles. The van der Waals surface area contributed by atoms with Crippen molar-refractivity contribution in [1.29, 1.82) is 0 Å². The van der Waals surface area contributed by atoms with Crippen LogP contribution in [0.25, 0.3) is 11.1 Å². The number of aliphatic hydroxyl groups excluding tert-OH is 1. The number of hydrogen-bond donors (Lipinski definition) is 3. The van der Waals surface area contributed by atoms with Crippen LogP contribution in [0.1, 0.15) is 31.2 Å². The molecule has 1 atom stereocenters. The molecule has 0 aliphatic heterocycles. The van der Waals surface area contributed by atoms with Crippen molar-refractivity contribution < 1.29 is 13.9 Å². The van der Waals surface area contributed by atoms with Gasteiger partial charge in [-0.1, -0.05) is 42.5 Å². The Balaban J connectivity index is 1.26. The Hall–Kier alpha value is -2.80. The zero-order valence-corrected chi connectivity index (χ0v) is 18.8. The highest BCUT2D eigenvalue weighted by Gasteiger charge is 2.27. The highest BCUT2D eigenvalue weighted by atomic mass is 19.1. The van der Waals surface area contributed by atoms with E-state index >= 15 is 0 Å². The van der Waals surface area contributed by atoms with Gasteiger partial charge >= 0.3 is 0 Å². The third-order valence-electron chi connectivity index (χ3n) is 6.47. The summed E-state index contributed by atoms with van der Waals surface area (Å²) >= 11 is 0. The average molecular weight is 452 g/mol. The summed E-state index contributed by atoms with van der Waals surface area (Å²) in [7, 11) is 1.93. The molecule has 0 saturated heterocycles. The van der Waals surface area contributed by atoms with Crippen molar-refractivity contribution in [2.24, 2.45) is 0 Å². The van der Waals surface area contributed by atoms with Gasteiger partial charge in [0.25, 0.3) is 0 Å². The van der Waals surface area contributed by atoms with E-state index in [0.29, 0.717) is 23.2 Å². The second kappa shape index (κ2) is 10.9. The Bertz CT molecular complexity index is 1000. The maximum absolute atomic E-state index is 13.5. The summed E-state index contributed by atoms with van der Waals surface area (Å²) in [6, 6.07) is 21.9. The summed E-state index contributed by atoms with van der Waals surface area (Å²) in [5, 5.41) is 17.5. The molecule has 0 bridgehead atoms. The van der Waals surface area contributed by atoms with E-state index in [1.54, 1.807) is 24.3 Å². The number of nitrogens with one attached hydrogen (secondary N) is 2. The Labute approximate surface area is 194 Å². The number of aliphatic hydroxyl groups is 1. The maximum Gasteiger partial charge on any atom is 0.184 e. The SMILES string of the molecule is CN(C1CCC(NCc2ccccc2)CC1)[C@@H](O)Nc1ccc(-c2cc(F)cc(F)c2)cc1. The molecule has 0 radical (unpaired) electrons. The molecule has 33 heavy (non-hydrogen) atoms. The van der Waals surface area contributed by atoms with Gasteiger partial charge in [-0.25, -0.2) is 8.78 Å². The molecule has 3 N–H and O–H groups in total. The molecule has 1 fully saturated rings. The van der Waals surface area contributed by atoms with Gasteiger partial charge in [-0.05, 0) is 73.7 Å². The van der Waals surface area contributed by atoms with Gasteiger partial charge in [0.05, 0.1) is 0 Å². The van der Waals surface area contributed by atoms with E-state index in [0.717, 1.165) is 44.0 Å². The minimum absolute atomic E-state index is 0.303. The van der Waals surface area contributed by atoms with E-state index in [-0.39, 0.29) is 0 Å². The quantitative estimate of drug-likeness (QED) is 0.404. The van der Waals surface area contributed by atoms with Crippen molar-refractivity contribution in [3.63, 3.8) is 0 Å². The molecule has 0 unspecified atom stereocenters. The first kappa shape index (κ1) is 23.4. The lowest BCUT2D eigenvalue weighted by Crippen LogP contribution is -2.47. The Morgan fingerprint density at radius 1 is 0.879 bits per heavy atom. The van der Waals surface area contributed by atoms with E-state index in [1.807, 2.05) is 18.0 Å². The highest BCUT2D eigenvalue weighted by molar-refractivity contribution is 5.66. The van der Waals surface area contributed by atoms with Crippen LogP contribution in [0.2, 0.25) is 0 Å². The predicted molar refractivity (Wildman–Crippen MR) is 129 cm³/mol.